The Morgan fingerprint density at radius 3 is 2.48 bits per heavy atom. The number of pyridine rings is 1. The lowest BCUT2D eigenvalue weighted by Gasteiger charge is -2.07. The lowest BCUT2D eigenvalue weighted by molar-refractivity contribution is 0.102. The van der Waals surface area contributed by atoms with Gasteiger partial charge in [-0.15, -0.1) is 10.2 Å². The summed E-state index contributed by atoms with van der Waals surface area (Å²) in [5.41, 5.74) is 0.972. The largest absolute Gasteiger partial charge is 0.364 e. The van der Waals surface area contributed by atoms with Gasteiger partial charge in [-0.05, 0) is 42.0 Å². The highest BCUT2D eigenvalue weighted by Gasteiger charge is 2.10. The number of rotatable bonds is 5. The molecule has 8 heteroatoms. The molecule has 2 N–H and O–H groups in total. The van der Waals surface area contributed by atoms with Crippen molar-refractivity contribution >= 4 is 17.5 Å². The Morgan fingerprint density at radius 2 is 1.80 bits per heavy atom. The average molecular weight is 341 g/mol. The summed E-state index contributed by atoms with van der Waals surface area (Å²) < 4.78 is 26.0. The molecular weight excluding hydrogens is 328 g/mol. The summed E-state index contributed by atoms with van der Waals surface area (Å²) in [4.78, 5) is 16.0. The maximum absolute atomic E-state index is 13.2. The summed E-state index contributed by atoms with van der Waals surface area (Å²) in [6.45, 7) is 0.531. The molecule has 0 atom stereocenters. The van der Waals surface area contributed by atoms with Crippen LogP contribution in [0.4, 0.5) is 20.4 Å². The van der Waals surface area contributed by atoms with Gasteiger partial charge in [-0.25, -0.2) is 8.78 Å². The Morgan fingerprint density at radius 1 is 1.00 bits per heavy atom. The van der Waals surface area contributed by atoms with Crippen LogP contribution in [-0.2, 0) is 6.54 Å². The second kappa shape index (κ2) is 7.43. The van der Waals surface area contributed by atoms with Gasteiger partial charge in [0.2, 0.25) is 0 Å². The van der Waals surface area contributed by atoms with Crippen LogP contribution >= 0.6 is 0 Å². The van der Waals surface area contributed by atoms with Crippen LogP contribution in [0.1, 0.15) is 15.9 Å². The highest BCUT2D eigenvalue weighted by molar-refractivity contribution is 6.03. The maximum Gasteiger partial charge on any atom is 0.256 e. The van der Waals surface area contributed by atoms with E-state index in [4.69, 9.17) is 0 Å². The van der Waals surface area contributed by atoms with Crippen LogP contribution in [0.15, 0.2) is 54.9 Å². The molecule has 6 nitrogen and oxygen atoms in total. The van der Waals surface area contributed by atoms with E-state index in [1.165, 1.54) is 6.07 Å². The number of nitrogens with one attached hydrogen (secondary N) is 2. The van der Waals surface area contributed by atoms with Crippen LogP contribution in [0.2, 0.25) is 0 Å². The third-order valence-electron chi connectivity index (χ3n) is 3.28. The van der Waals surface area contributed by atoms with Crippen LogP contribution in [0.5, 0.6) is 0 Å². The number of anilines is 2. The van der Waals surface area contributed by atoms with Gasteiger partial charge in [0, 0.05) is 24.5 Å². The van der Waals surface area contributed by atoms with E-state index in [-0.39, 0.29) is 11.4 Å². The predicted molar refractivity (Wildman–Crippen MR) is 87.9 cm³/mol. The Hall–Kier alpha value is -3.42. The molecule has 0 saturated heterocycles. The fourth-order valence-electron chi connectivity index (χ4n) is 2.01. The highest BCUT2D eigenvalue weighted by atomic mass is 19.2. The van der Waals surface area contributed by atoms with Crippen LogP contribution in [0.3, 0.4) is 0 Å². The number of hydrogen-bond donors (Lipinski definition) is 2. The molecule has 0 aliphatic carbocycles. The van der Waals surface area contributed by atoms with E-state index in [1.807, 2.05) is 12.1 Å². The molecule has 0 spiro atoms. The molecule has 3 aromatic rings. The van der Waals surface area contributed by atoms with Gasteiger partial charge in [0.05, 0.1) is 0 Å². The van der Waals surface area contributed by atoms with E-state index in [1.54, 1.807) is 24.5 Å². The Balaban J connectivity index is 1.60. The summed E-state index contributed by atoms with van der Waals surface area (Å²) in [6, 6.07) is 9.85. The summed E-state index contributed by atoms with van der Waals surface area (Å²) in [7, 11) is 0. The van der Waals surface area contributed by atoms with Crippen molar-refractivity contribution in [2.75, 3.05) is 10.6 Å². The normalized spacial score (nSPS) is 10.3. The molecule has 0 fully saturated rings. The van der Waals surface area contributed by atoms with Crippen molar-refractivity contribution in [1.82, 2.24) is 15.2 Å². The summed E-state index contributed by atoms with van der Waals surface area (Å²) in [6.07, 6.45) is 3.42. The number of hydrogen-bond acceptors (Lipinski definition) is 5. The van der Waals surface area contributed by atoms with Crippen molar-refractivity contribution in [3.05, 3.63) is 77.6 Å². The van der Waals surface area contributed by atoms with Crippen molar-refractivity contribution in [3.63, 3.8) is 0 Å². The molecule has 2 aromatic heterocycles. The third-order valence-corrected chi connectivity index (χ3v) is 3.28. The molecule has 25 heavy (non-hydrogen) atoms. The molecule has 126 valence electrons. The minimum absolute atomic E-state index is 0.0144. The summed E-state index contributed by atoms with van der Waals surface area (Å²) >= 11 is 0. The zero-order valence-electron chi connectivity index (χ0n) is 12.9. The van der Waals surface area contributed by atoms with Crippen LogP contribution in [0, 0.1) is 11.6 Å². The third kappa shape index (κ3) is 4.31. The molecule has 0 aliphatic rings. The highest BCUT2D eigenvalue weighted by Crippen LogP contribution is 2.12. The number of aromatic nitrogens is 3. The molecule has 0 aliphatic heterocycles. The number of carbonyl (C=O) groups is 1. The predicted octanol–water partition coefficient (Wildman–Crippen LogP) is 3.01. The summed E-state index contributed by atoms with van der Waals surface area (Å²) in [5.74, 6) is -1.99. The number of halogens is 2. The van der Waals surface area contributed by atoms with Gasteiger partial charge in [0.15, 0.2) is 17.5 Å². The molecule has 3 rings (SSSR count). The SMILES string of the molecule is O=C(Nc1ccc(NCc2cccnc2)nn1)c1ccc(F)c(F)c1. The number of amides is 1. The number of carbonyl (C=O) groups excluding carboxylic acids is 1. The molecule has 0 saturated carbocycles. The first kappa shape index (κ1) is 16.4. The molecular formula is C17H13F2N5O. The van der Waals surface area contributed by atoms with Gasteiger partial charge in [-0.1, -0.05) is 6.07 Å². The van der Waals surface area contributed by atoms with E-state index < -0.39 is 17.5 Å². The van der Waals surface area contributed by atoms with Crippen LogP contribution < -0.4 is 10.6 Å². The Labute approximate surface area is 141 Å². The van der Waals surface area contributed by atoms with Gasteiger partial charge in [0.25, 0.3) is 5.91 Å². The zero-order chi connectivity index (χ0) is 17.6. The lowest BCUT2D eigenvalue weighted by atomic mass is 10.2. The Bertz CT molecular complexity index is 872. The quantitative estimate of drug-likeness (QED) is 0.746. The molecule has 0 unspecified atom stereocenters. The molecule has 1 aromatic carbocycles. The van der Waals surface area contributed by atoms with Crippen molar-refractivity contribution < 1.29 is 13.6 Å². The van der Waals surface area contributed by atoms with Gasteiger partial charge in [-0.3, -0.25) is 9.78 Å². The van der Waals surface area contributed by atoms with Gasteiger partial charge < -0.3 is 10.6 Å². The van der Waals surface area contributed by atoms with E-state index in [2.05, 4.69) is 25.8 Å². The topological polar surface area (TPSA) is 79.8 Å². The lowest BCUT2D eigenvalue weighted by Crippen LogP contribution is -2.14. The minimum atomic E-state index is -1.09. The average Bonchev–Trinajstić information content (AvgIpc) is 2.64. The first-order valence-electron chi connectivity index (χ1n) is 7.35. The van der Waals surface area contributed by atoms with E-state index in [9.17, 15) is 13.6 Å². The fraction of sp³-hybridized carbons (Fsp3) is 0.0588. The van der Waals surface area contributed by atoms with Gasteiger partial charge in [0.1, 0.15) is 5.82 Å². The van der Waals surface area contributed by atoms with Gasteiger partial charge in [-0.2, -0.15) is 0 Å². The van der Waals surface area contributed by atoms with Crippen molar-refractivity contribution in [1.29, 1.82) is 0 Å². The molecule has 2 heterocycles. The van der Waals surface area contributed by atoms with Crippen LogP contribution in [0.25, 0.3) is 0 Å². The van der Waals surface area contributed by atoms with Crippen molar-refractivity contribution in [2.45, 2.75) is 6.54 Å². The standard InChI is InChI=1S/C17H13F2N5O/c18-13-4-3-12(8-14(13)19)17(25)22-16-6-5-15(23-24-16)21-10-11-2-1-7-20-9-11/h1-9H,10H2,(H,21,23)(H,22,24,25). The zero-order valence-corrected chi connectivity index (χ0v) is 12.9. The second-order valence-electron chi connectivity index (χ2n) is 5.10. The van der Waals surface area contributed by atoms with E-state index in [0.717, 1.165) is 17.7 Å². The molecule has 1 amide bonds. The molecule has 0 radical (unpaired) electrons. The first-order chi connectivity index (χ1) is 12.1. The van der Waals surface area contributed by atoms with Crippen LogP contribution in [-0.4, -0.2) is 21.1 Å². The van der Waals surface area contributed by atoms with Gasteiger partial charge >= 0.3 is 0 Å². The van der Waals surface area contributed by atoms with E-state index in [0.29, 0.717) is 12.4 Å². The minimum Gasteiger partial charge on any atom is -0.364 e. The van der Waals surface area contributed by atoms with Crippen molar-refractivity contribution in [2.24, 2.45) is 0 Å². The fourth-order valence-corrected chi connectivity index (χ4v) is 2.01. The van der Waals surface area contributed by atoms with Crippen molar-refractivity contribution in [3.8, 4) is 0 Å². The second-order valence-corrected chi connectivity index (χ2v) is 5.10. The smallest absolute Gasteiger partial charge is 0.256 e. The monoisotopic (exact) mass is 341 g/mol. The van der Waals surface area contributed by atoms with E-state index >= 15 is 0 Å². The number of nitrogens with zero attached hydrogens (tertiary/aromatic N) is 3. The first-order valence-corrected chi connectivity index (χ1v) is 7.35. The maximum atomic E-state index is 13.2. The molecule has 0 bridgehead atoms. The Kier molecular flexibility index (Phi) is 4.89. The number of benzene rings is 1. The summed E-state index contributed by atoms with van der Waals surface area (Å²) in [5, 5.41) is 13.3.